The molecule has 0 unspecified atom stereocenters. The fourth-order valence-corrected chi connectivity index (χ4v) is 6.41. The van der Waals surface area contributed by atoms with E-state index in [2.05, 4.69) is 62.8 Å². The number of likely N-dealkylation sites (tertiary alicyclic amines) is 1. The lowest BCUT2D eigenvalue weighted by atomic mass is 9.94. The molecule has 7 nitrogen and oxygen atoms in total. The minimum atomic E-state index is -0.148. The smallest absolute Gasteiger partial charge is 0.256 e. The van der Waals surface area contributed by atoms with Crippen molar-refractivity contribution in [2.45, 2.75) is 39.4 Å². The Morgan fingerprint density at radius 1 is 1.08 bits per heavy atom. The van der Waals surface area contributed by atoms with Gasteiger partial charge in [0.15, 0.2) is 0 Å². The number of halogens is 2. The quantitative estimate of drug-likeness (QED) is 0.424. The van der Waals surface area contributed by atoms with Gasteiger partial charge in [0, 0.05) is 51.7 Å². The third-order valence-electron chi connectivity index (χ3n) is 7.34. The molecule has 1 aromatic heterocycles. The van der Waals surface area contributed by atoms with E-state index >= 15 is 0 Å². The van der Waals surface area contributed by atoms with E-state index < -0.39 is 0 Å². The maximum absolute atomic E-state index is 13.9. The van der Waals surface area contributed by atoms with Gasteiger partial charge in [0.25, 0.3) is 5.91 Å². The second-order valence-corrected chi connectivity index (χ2v) is 11.6. The Morgan fingerprint density at radius 3 is 2.57 bits per heavy atom. The van der Waals surface area contributed by atoms with E-state index in [1.807, 2.05) is 34.6 Å². The van der Waals surface area contributed by atoms with Gasteiger partial charge in [-0.1, -0.05) is 38.4 Å². The van der Waals surface area contributed by atoms with Gasteiger partial charge in [-0.3, -0.25) is 14.4 Å². The highest BCUT2D eigenvalue weighted by Gasteiger charge is 2.32. The molecule has 2 aliphatic heterocycles. The number of nitrogens with zero attached hydrogens (tertiary/aromatic N) is 3. The standard InChI is InChI=1S/C28H28Br2N4O3/c1-4-26(36)33-13-21(14-33)31-25(35)15-34-17(3)27(23-11-19(29)5-6-24(23)34)28(37)32-8-7-22-16(2)9-20(30)10-18(22)12-32/h4-6,9-11,21H,1,7-8,12-15H2,2-3H3,(H,31,35). The van der Waals surface area contributed by atoms with Crippen LogP contribution in [-0.4, -0.2) is 57.8 Å². The number of fused-ring (bicyclic) bond motifs is 2. The SMILES string of the molecule is C=CC(=O)N1CC(NC(=O)Cn2c(C)c(C(=O)N3CCc4c(C)cc(Br)cc4C3)c3cc(Br)ccc32)C1. The van der Waals surface area contributed by atoms with E-state index in [0.29, 0.717) is 31.7 Å². The molecule has 1 N–H and O–H groups in total. The summed E-state index contributed by atoms with van der Waals surface area (Å²) in [5.41, 5.74) is 5.95. The molecule has 37 heavy (non-hydrogen) atoms. The summed E-state index contributed by atoms with van der Waals surface area (Å²) in [5.74, 6) is -0.306. The van der Waals surface area contributed by atoms with E-state index in [4.69, 9.17) is 0 Å². The van der Waals surface area contributed by atoms with Crippen LogP contribution in [0.3, 0.4) is 0 Å². The molecule has 0 radical (unpaired) electrons. The largest absolute Gasteiger partial charge is 0.348 e. The normalized spacial score (nSPS) is 15.4. The zero-order valence-corrected chi connectivity index (χ0v) is 24.0. The monoisotopic (exact) mass is 626 g/mol. The summed E-state index contributed by atoms with van der Waals surface area (Å²) in [5, 5.41) is 3.83. The predicted octanol–water partition coefficient (Wildman–Crippen LogP) is 4.49. The second kappa shape index (κ2) is 10.1. The molecular formula is C28H28Br2N4O3. The van der Waals surface area contributed by atoms with Crippen molar-refractivity contribution in [1.82, 2.24) is 19.7 Å². The van der Waals surface area contributed by atoms with Crippen molar-refractivity contribution in [2.75, 3.05) is 19.6 Å². The van der Waals surface area contributed by atoms with Crippen molar-refractivity contribution in [3.63, 3.8) is 0 Å². The third-order valence-corrected chi connectivity index (χ3v) is 8.30. The highest BCUT2D eigenvalue weighted by molar-refractivity contribution is 9.10. The molecule has 0 spiro atoms. The Balaban J connectivity index is 1.40. The molecule has 2 aliphatic rings. The minimum Gasteiger partial charge on any atom is -0.348 e. The Kier molecular flexibility index (Phi) is 7.02. The van der Waals surface area contributed by atoms with Gasteiger partial charge >= 0.3 is 0 Å². The highest BCUT2D eigenvalue weighted by atomic mass is 79.9. The summed E-state index contributed by atoms with van der Waals surface area (Å²) in [7, 11) is 0. The van der Waals surface area contributed by atoms with Crippen molar-refractivity contribution in [3.05, 3.63) is 79.9 Å². The molecule has 3 amide bonds. The maximum atomic E-state index is 13.9. The molecular weight excluding hydrogens is 600 g/mol. The summed E-state index contributed by atoms with van der Waals surface area (Å²) in [6.45, 7) is 9.77. The maximum Gasteiger partial charge on any atom is 0.256 e. The van der Waals surface area contributed by atoms with E-state index in [0.717, 1.165) is 37.5 Å². The van der Waals surface area contributed by atoms with Crippen LogP contribution in [0.1, 0.15) is 32.7 Å². The fraction of sp³-hybridized carbons (Fsp3) is 0.321. The van der Waals surface area contributed by atoms with Gasteiger partial charge in [0.2, 0.25) is 11.8 Å². The first-order chi connectivity index (χ1) is 17.7. The van der Waals surface area contributed by atoms with E-state index in [-0.39, 0.29) is 30.3 Å². The topological polar surface area (TPSA) is 74.6 Å². The number of nitrogens with one attached hydrogen (secondary N) is 1. The lowest BCUT2D eigenvalue weighted by Gasteiger charge is -2.38. The lowest BCUT2D eigenvalue weighted by Crippen LogP contribution is -2.61. The van der Waals surface area contributed by atoms with E-state index in [9.17, 15) is 14.4 Å². The number of carbonyl (C=O) groups is 3. The fourth-order valence-electron chi connectivity index (χ4n) is 5.43. The third kappa shape index (κ3) is 4.86. The van der Waals surface area contributed by atoms with Gasteiger partial charge in [-0.2, -0.15) is 0 Å². The van der Waals surface area contributed by atoms with Crippen molar-refractivity contribution < 1.29 is 14.4 Å². The first kappa shape index (κ1) is 25.7. The van der Waals surface area contributed by atoms with Gasteiger partial charge < -0.3 is 19.7 Å². The summed E-state index contributed by atoms with van der Waals surface area (Å²) in [6.07, 6.45) is 2.10. The molecule has 9 heteroatoms. The molecule has 0 atom stereocenters. The molecule has 3 heterocycles. The van der Waals surface area contributed by atoms with Crippen LogP contribution in [0.4, 0.5) is 0 Å². The summed E-state index contributed by atoms with van der Waals surface area (Å²) in [6, 6.07) is 9.96. The van der Waals surface area contributed by atoms with Crippen LogP contribution >= 0.6 is 31.9 Å². The highest BCUT2D eigenvalue weighted by Crippen LogP contribution is 2.32. The molecule has 3 aromatic rings. The molecule has 1 saturated heterocycles. The number of carbonyl (C=O) groups excluding carboxylic acids is 3. The average molecular weight is 628 g/mol. The van der Waals surface area contributed by atoms with Crippen LogP contribution < -0.4 is 5.32 Å². The van der Waals surface area contributed by atoms with Gasteiger partial charge in [0.1, 0.15) is 6.54 Å². The number of hydrogen-bond acceptors (Lipinski definition) is 3. The van der Waals surface area contributed by atoms with Crippen molar-refractivity contribution in [3.8, 4) is 0 Å². The van der Waals surface area contributed by atoms with Crippen molar-refractivity contribution in [2.24, 2.45) is 0 Å². The Hall–Kier alpha value is -2.91. The number of benzene rings is 2. The van der Waals surface area contributed by atoms with E-state index in [1.165, 1.54) is 17.2 Å². The molecule has 2 aromatic carbocycles. The number of hydrogen-bond donors (Lipinski definition) is 1. The molecule has 0 aliphatic carbocycles. The predicted molar refractivity (Wildman–Crippen MR) is 150 cm³/mol. The second-order valence-electron chi connectivity index (χ2n) is 9.76. The van der Waals surface area contributed by atoms with Crippen molar-refractivity contribution in [1.29, 1.82) is 0 Å². The summed E-state index contributed by atoms with van der Waals surface area (Å²) >= 11 is 7.14. The Morgan fingerprint density at radius 2 is 1.84 bits per heavy atom. The summed E-state index contributed by atoms with van der Waals surface area (Å²) in [4.78, 5) is 42.1. The van der Waals surface area contributed by atoms with Crippen LogP contribution in [0.5, 0.6) is 0 Å². The number of rotatable bonds is 5. The van der Waals surface area contributed by atoms with Crippen LogP contribution in [-0.2, 0) is 29.1 Å². The first-order valence-corrected chi connectivity index (χ1v) is 13.8. The summed E-state index contributed by atoms with van der Waals surface area (Å²) < 4.78 is 3.80. The molecule has 0 bridgehead atoms. The van der Waals surface area contributed by atoms with Gasteiger partial charge in [-0.05, 0) is 73.4 Å². The Labute approximate surface area is 232 Å². The number of aromatic nitrogens is 1. The minimum absolute atomic E-state index is 0.0272. The van der Waals surface area contributed by atoms with E-state index in [1.54, 1.807) is 4.90 Å². The molecule has 5 rings (SSSR count). The average Bonchev–Trinajstić information content (AvgIpc) is 3.09. The van der Waals surface area contributed by atoms with Gasteiger partial charge in [-0.15, -0.1) is 0 Å². The van der Waals surface area contributed by atoms with Gasteiger partial charge in [0.05, 0.1) is 11.6 Å². The van der Waals surface area contributed by atoms with Crippen LogP contribution in [0.25, 0.3) is 10.9 Å². The number of aryl methyl sites for hydroxylation is 1. The first-order valence-electron chi connectivity index (χ1n) is 12.2. The molecule has 0 saturated carbocycles. The van der Waals surface area contributed by atoms with Crippen LogP contribution in [0.15, 0.2) is 51.9 Å². The molecule has 192 valence electrons. The van der Waals surface area contributed by atoms with Crippen LogP contribution in [0.2, 0.25) is 0 Å². The number of amides is 3. The lowest BCUT2D eigenvalue weighted by molar-refractivity contribution is -0.133. The zero-order valence-electron chi connectivity index (χ0n) is 20.8. The zero-order chi connectivity index (χ0) is 26.4. The van der Waals surface area contributed by atoms with Gasteiger partial charge in [-0.25, -0.2) is 0 Å². The van der Waals surface area contributed by atoms with Crippen LogP contribution in [0, 0.1) is 13.8 Å². The Bertz CT molecular complexity index is 1460. The molecule has 1 fully saturated rings. The van der Waals surface area contributed by atoms with Crippen molar-refractivity contribution >= 4 is 60.5 Å².